The maximum atomic E-state index is 13.0. The molecule has 1 aliphatic heterocycles. The quantitative estimate of drug-likeness (QED) is 0.787. The molecule has 1 aromatic carbocycles. The van der Waals surface area contributed by atoms with Crippen LogP contribution >= 0.6 is 11.8 Å². The van der Waals surface area contributed by atoms with Gasteiger partial charge in [-0.05, 0) is 56.2 Å². The Balaban J connectivity index is 1.55. The van der Waals surface area contributed by atoms with Gasteiger partial charge in [-0.15, -0.1) is 11.8 Å². The van der Waals surface area contributed by atoms with Crippen molar-refractivity contribution in [1.29, 1.82) is 0 Å². The van der Waals surface area contributed by atoms with Gasteiger partial charge >= 0.3 is 0 Å². The molecule has 4 heteroatoms. The van der Waals surface area contributed by atoms with Crippen molar-refractivity contribution >= 4 is 17.7 Å². The number of fused-ring (bicyclic) bond motifs is 1. The Morgan fingerprint density at radius 3 is 2.70 bits per heavy atom. The highest BCUT2D eigenvalue weighted by molar-refractivity contribution is 8.00. The monoisotopic (exact) mass is 335 g/mol. The highest BCUT2D eigenvalue weighted by Crippen LogP contribution is 2.36. The molecule has 0 spiro atoms. The highest BCUT2D eigenvalue weighted by atomic mass is 32.2. The minimum Gasteiger partial charge on any atom is -0.339 e. The number of rotatable bonds is 4. The fourth-order valence-electron chi connectivity index (χ4n) is 4.04. The normalized spacial score (nSPS) is 25.7. The van der Waals surface area contributed by atoms with Crippen molar-refractivity contribution < 1.29 is 9.18 Å². The lowest BCUT2D eigenvalue weighted by Crippen LogP contribution is -2.50. The lowest BCUT2D eigenvalue weighted by atomic mass is 9.78. The number of hydrogen-bond donors (Lipinski definition) is 0. The van der Waals surface area contributed by atoms with Gasteiger partial charge in [0.2, 0.25) is 5.91 Å². The van der Waals surface area contributed by atoms with Crippen LogP contribution in [0.4, 0.5) is 4.39 Å². The summed E-state index contributed by atoms with van der Waals surface area (Å²) in [6.45, 7) is 3.02. The fourth-order valence-corrected chi connectivity index (χ4v) is 4.95. The van der Waals surface area contributed by atoms with Gasteiger partial charge in [-0.25, -0.2) is 4.39 Å². The minimum absolute atomic E-state index is 0.210. The van der Waals surface area contributed by atoms with E-state index >= 15 is 0 Å². The molecule has 0 bridgehead atoms. The van der Waals surface area contributed by atoms with E-state index < -0.39 is 0 Å². The van der Waals surface area contributed by atoms with Crippen molar-refractivity contribution in [3.05, 3.63) is 35.6 Å². The van der Waals surface area contributed by atoms with Gasteiger partial charge < -0.3 is 4.90 Å². The van der Waals surface area contributed by atoms with Gasteiger partial charge in [0.25, 0.3) is 0 Å². The summed E-state index contributed by atoms with van der Waals surface area (Å²) in [6.07, 6.45) is 7.55. The lowest BCUT2D eigenvalue weighted by molar-refractivity contribution is -0.134. The summed E-state index contributed by atoms with van der Waals surface area (Å²) in [5, 5.41) is 0.214. The molecule has 1 aliphatic carbocycles. The smallest absolute Gasteiger partial charge is 0.232 e. The molecule has 23 heavy (non-hydrogen) atoms. The van der Waals surface area contributed by atoms with Crippen LogP contribution in [0.25, 0.3) is 0 Å². The van der Waals surface area contributed by atoms with E-state index in [0.29, 0.717) is 17.7 Å². The van der Waals surface area contributed by atoms with Crippen LogP contribution < -0.4 is 0 Å². The zero-order valence-corrected chi connectivity index (χ0v) is 14.7. The third kappa shape index (κ3) is 4.09. The zero-order valence-electron chi connectivity index (χ0n) is 13.8. The highest BCUT2D eigenvalue weighted by Gasteiger charge is 2.35. The van der Waals surface area contributed by atoms with Gasteiger partial charge in [-0.3, -0.25) is 4.79 Å². The Hall–Kier alpha value is -1.03. The van der Waals surface area contributed by atoms with E-state index in [1.54, 1.807) is 11.8 Å². The summed E-state index contributed by atoms with van der Waals surface area (Å²) < 4.78 is 13.0. The second kappa shape index (κ2) is 7.69. The zero-order chi connectivity index (χ0) is 16.2. The Bertz CT molecular complexity index is 531. The molecule has 0 aromatic heterocycles. The van der Waals surface area contributed by atoms with Crippen LogP contribution in [0.3, 0.4) is 0 Å². The summed E-state index contributed by atoms with van der Waals surface area (Å²) in [4.78, 5) is 14.9. The molecule has 2 aliphatic rings. The Morgan fingerprint density at radius 2 is 1.91 bits per heavy atom. The average Bonchev–Trinajstić information content (AvgIpc) is 2.59. The number of nitrogens with zero attached hydrogens (tertiary/aromatic N) is 1. The molecule has 1 saturated carbocycles. The molecule has 1 heterocycles. The SMILES string of the molecule is CC(SCC(=O)N1CCCC2CCCCC21)c1ccc(F)cc1. The lowest BCUT2D eigenvalue weighted by Gasteiger charge is -2.44. The largest absolute Gasteiger partial charge is 0.339 e. The fraction of sp³-hybridized carbons (Fsp3) is 0.632. The second-order valence-electron chi connectivity index (χ2n) is 6.85. The first-order chi connectivity index (χ1) is 11.1. The number of benzene rings is 1. The van der Waals surface area contributed by atoms with Gasteiger partial charge in [0.1, 0.15) is 5.82 Å². The van der Waals surface area contributed by atoms with Crippen LogP contribution in [-0.4, -0.2) is 29.1 Å². The van der Waals surface area contributed by atoms with Crippen LogP contribution in [-0.2, 0) is 4.79 Å². The van der Waals surface area contributed by atoms with Crippen molar-refractivity contribution in [2.24, 2.45) is 5.92 Å². The van der Waals surface area contributed by atoms with E-state index in [4.69, 9.17) is 0 Å². The molecular weight excluding hydrogens is 309 g/mol. The van der Waals surface area contributed by atoms with E-state index in [2.05, 4.69) is 11.8 Å². The second-order valence-corrected chi connectivity index (χ2v) is 8.18. The Labute approximate surface area is 142 Å². The molecule has 3 unspecified atom stereocenters. The van der Waals surface area contributed by atoms with Crippen LogP contribution in [0.15, 0.2) is 24.3 Å². The predicted molar refractivity (Wildman–Crippen MR) is 94.0 cm³/mol. The molecule has 3 rings (SSSR count). The van der Waals surface area contributed by atoms with Gasteiger partial charge in [0.05, 0.1) is 5.75 Å². The number of piperidine rings is 1. The Kier molecular flexibility index (Phi) is 5.62. The molecule has 1 saturated heterocycles. The van der Waals surface area contributed by atoms with Gasteiger partial charge in [-0.2, -0.15) is 0 Å². The van der Waals surface area contributed by atoms with Crippen LogP contribution in [0.5, 0.6) is 0 Å². The number of thioether (sulfide) groups is 1. The van der Waals surface area contributed by atoms with E-state index in [1.807, 2.05) is 12.1 Å². The van der Waals surface area contributed by atoms with Crippen LogP contribution in [0, 0.1) is 11.7 Å². The standard InChI is InChI=1S/C19H26FNOS/c1-14(15-8-10-17(20)11-9-15)23-13-19(22)21-12-4-6-16-5-2-3-7-18(16)21/h8-11,14,16,18H,2-7,12-13H2,1H3. The number of hydrogen-bond acceptors (Lipinski definition) is 2. The molecule has 2 nitrogen and oxygen atoms in total. The number of carbonyl (C=O) groups is 1. The molecule has 0 N–H and O–H groups in total. The van der Waals surface area contributed by atoms with Crippen molar-refractivity contribution in [2.75, 3.05) is 12.3 Å². The molecule has 2 fully saturated rings. The van der Waals surface area contributed by atoms with Gasteiger partial charge in [-0.1, -0.05) is 25.0 Å². The summed E-state index contributed by atoms with van der Waals surface area (Å²) in [5.41, 5.74) is 1.08. The maximum absolute atomic E-state index is 13.0. The Morgan fingerprint density at radius 1 is 1.22 bits per heavy atom. The van der Waals surface area contributed by atoms with Crippen molar-refractivity contribution in [3.63, 3.8) is 0 Å². The molecule has 1 aromatic rings. The van der Waals surface area contributed by atoms with Crippen molar-refractivity contribution in [2.45, 2.75) is 56.7 Å². The third-order valence-electron chi connectivity index (χ3n) is 5.36. The summed E-state index contributed by atoms with van der Waals surface area (Å²) in [7, 11) is 0. The molecule has 1 amide bonds. The molecule has 3 atom stereocenters. The number of halogens is 1. The first kappa shape index (κ1) is 16.8. The van der Waals surface area contributed by atoms with Crippen LogP contribution in [0.1, 0.15) is 56.3 Å². The van der Waals surface area contributed by atoms with E-state index in [0.717, 1.165) is 24.4 Å². The van der Waals surface area contributed by atoms with Crippen LogP contribution in [0.2, 0.25) is 0 Å². The molecule has 126 valence electrons. The first-order valence-electron chi connectivity index (χ1n) is 8.81. The number of amides is 1. The van der Waals surface area contributed by atoms with E-state index in [1.165, 1.54) is 44.2 Å². The first-order valence-corrected chi connectivity index (χ1v) is 9.86. The number of likely N-dealkylation sites (tertiary alicyclic amines) is 1. The topological polar surface area (TPSA) is 20.3 Å². The summed E-state index contributed by atoms with van der Waals surface area (Å²) in [5.74, 6) is 1.35. The van der Waals surface area contributed by atoms with E-state index in [-0.39, 0.29) is 11.1 Å². The van der Waals surface area contributed by atoms with Crippen molar-refractivity contribution in [3.8, 4) is 0 Å². The van der Waals surface area contributed by atoms with E-state index in [9.17, 15) is 9.18 Å². The average molecular weight is 335 g/mol. The molecule has 0 radical (unpaired) electrons. The predicted octanol–water partition coefficient (Wildman–Crippen LogP) is 4.80. The van der Waals surface area contributed by atoms with Crippen molar-refractivity contribution in [1.82, 2.24) is 4.90 Å². The number of carbonyl (C=O) groups excluding carboxylic acids is 1. The minimum atomic E-state index is -0.210. The van der Waals surface area contributed by atoms with Gasteiger partial charge in [0.15, 0.2) is 0 Å². The van der Waals surface area contributed by atoms with Gasteiger partial charge in [0, 0.05) is 17.8 Å². The summed E-state index contributed by atoms with van der Waals surface area (Å²) >= 11 is 1.66. The maximum Gasteiger partial charge on any atom is 0.232 e. The third-order valence-corrected chi connectivity index (χ3v) is 6.55. The molecular formula is C19H26FNOS. The summed E-state index contributed by atoms with van der Waals surface area (Å²) in [6, 6.07) is 7.11.